The van der Waals surface area contributed by atoms with E-state index in [4.69, 9.17) is 4.42 Å². The number of benzene rings is 2. The van der Waals surface area contributed by atoms with Crippen molar-refractivity contribution < 1.29 is 14.3 Å². The Bertz CT molecular complexity index is 1250. The largest absolute Gasteiger partial charge is 0.508 e. The standard InChI is InChI=1S/C25H26N4O3/c1-25-15-11-13(30)9-8-12(15)10-14-19(25)18-20(14)28(2)21(18)22(25)29(3)24(31)27-23-26-16-6-4-5-7-17(16)32-23/h4-9,11,14,18-22,30H,10H2,1-3H3,(H,26,27,31)/t14-,18?,19?,20?,21-,22+,25-/m1/s1. The molecule has 7 atom stereocenters. The summed E-state index contributed by atoms with van der Waals surface area (Å²) in [6, 6.07) is 14.2. The van der Waals surface area contributed by atoms with Crippen LogP contribution in [0.2, 0.25) is 0 Å². The summed E-state index contributed by atoms with van der Waals surface area (Å²) in [7, 11) is 4.08. The highest BCUT2D eigenvalue weighted by Crippen LogP contribution is 2.72. The maximum absolute atomic E-state index is 13.4. The van der Waals surface area contributed by atoms with Gasteiger partial charge in [0.15, 0.2) is 5.58 Å². The number of hydrogen-bond donors (Lipinski definition) is 2. The number of carbonyl (C=O) groups excluding carboxylic acids is 1. The van der Waals surface area contributed by atoms with Crippen LogP contribution in [-0.4, -0.2) is 58.1 Å². The SMILES string of the molecule is CN(C(=O)Nc1nc2ccccc2o1)[C@H]1[C@H]2C3C([C@@H]4Cc5ccc(O)cc5[C@]1(C)C34)N2C. The van der Waals surface area contributed by atoms with Crippen LogP contribution in [0.3, 0.4) is 0 Å². The first-order valence-corrected chi connectivity index (χ1v) is 11.3. The lowest BCUT2D eigenvalue weighted by Crippen LogP contribution is -2.75. The molecule has 7 heteroatoms. The van der Waals surface area contributed by atoms with Crippen molar-refractivity contribution in [2.45, 2.75) is 36.9 Å². The topological polar surface area (TPSA) is 81.8 Å². The van der Waals surface area contributed by atoms with Gasteiger partial charge >= 0.3 is 12.0 Å². The molecule has 2 saturated carbocycles. The third kappa shape index (κ3) is 2.01. The van der Waals surface area contributed by atoms with Crippen LogP contribution in [0.5, 0.6) is 5.75 Å². The van der Waals surface area contributed by atoms with Crippen molar-refractivity contribution >= 4 is 23.1 Å². The second-order valence-electron chi connectivity index (χ2n) is 10.2. The van der Waals surface area contributed by atoms with Gasteiger partial charge in [0.25, 0.3) is 0 Å². The molecule has 3 aromatic rings. The molecule has 4 aliphatic rings. The predicted molar refractivity (Wildman–Crippen MR) is 120 cm³/mol. The number of rotatable bonds is 2. The van der Waals surface area contributed by atoms with E-state index in [1.54, 1.807) is 6.07 Å². The Morgan fingerprint density at radius 2 is 2.09 bits per heavy atom. The van der Waals surface area contributed by atoms with Crippen LogP contribution < -0.4 is 5.32 Å². The van der Waals surface area contributed by atoms with Crippen LogP contribution in [-0.2, 0) is 11.8 Å². The van der Waals surface area contributed by atoms with Crippen molar-refractivity contribution in [1.82, 2.24) is 14.8 Å². The van der Waals surface area contributed by atoms with E-state index in [-0.39, 0.29) is 23.5 Å². The number of aromatic nitrogens is 1. The molecule has 1 aliphatic heterocycles. The van der Waals surface area contributed by atoms with E-state index in [2.05, 4.69) is 35.2 Å². The molecule has 3 unspecified atom stereocenters. The molecule has 0 radical (unpaired) electrons. The summed E-state index contributed by atoms with van der Waals surface area (Å²) in [5.74, 6) is 2.05. The highest BCUT2D eigenvalue weighted by atomic mass is 16.4. The summed E-state index contributed by atoms with van der Waals surface area (Å²) in [5.41, 5.74) is 3.67. The Kier molecular flexibility index (Phi) is 3.38. The Morgan fingerprint density at radius 3 is 2.91 bits per heavy atom. The Labute approximate surface area is 186 Å². The fraction of sp³-hybridized carbons (Fsp3) is 0.440. The number of phenolic OH excluding ortho intramolecular Hbond substituents is 1. The number of phenols is 1. The predicted octanol–water partition coefficient (Wildman–Crippen LogP) is 3.44. The lowest BCUT2D eigenvalue weighted by atomic mass is 9.46. The van der Waals surface area contributed by atoms with E-state index in [9.17, 15) is 9.90 Å². The van der Waals surface area contributed by atoms with Crippen molar-refractivity contribution in [3.05, 3.63) is 53.6 Å². The number of likely N-dealkylation sites (N-methyl/N-ethyl adjacent to an activating group) is 2. The van der Waals surface area contributed by atoms with Crippen molar-refractivity contribution in [1.29, 1.82) is 0 Å². The molecule has 2 heterocycles. The highest BCUT2D eigenvalue weighted by Gasteiger charge is 2.79. The quantitative estimate of drug-likeness (QED) is 0.651. The van der Waals surface area contributed by atoms with Crippen molar-refractivity contribution in [3.63, 3.8) is 0 Å². The maximum Gasteiger partial charge on any atom is 0.325 e. The van der Waals surface area contributed by atoms with Crippen LogP contribution in [0.4, 0.5) is 10.8 Å². The van der Waals surface area contributed by atoms with Gasteiger partial charge in [-0.05, 0) is 66.6 Å². The van der Waals surface area contributed by atoms with Crippen LogP contribution in [0, 0.1) is 17.8 Å². The van der Waals surface area contributed by atoms with Gasteiger partial charge in [0.2, 0.25) is 0 Å². The summed E-state index contributed by atoms with van der Waals surface area (Å²) in [5, 5.41) is 13.2. The lowest BCUT2D eigenvalue weighted by Gasteiger charge is -2.67. The van der Waals surface area contributed by atoms with E-state index in [1.807, 2.05) is 42.3 Å². The Hall–Kier alpha value is -3.06. The second kappa shape index (κ2) is 5.84. The molecule has 3 aliphatic carbocycles. The zero-order valence-corrected chi connectivity index (χ0v) is 18.3. The third-order valence-electron chi connectivity index (χ3n) is 9.05. The van der Waals surface area contributed by atoms with E-state index in [0.717, 1.165) is 11.9 Å². The Balaban J connectivity index is 1.27. The van der Waals surface area contributed by atoms with Crippen molar-refractivity contribution in [3.8, 4) is 5.75 Å². The molecule has 1 aromatic heterocycles. The number of urea groups is 1. The minimum atomic E-state index is -0.218. The van der Waals surface area contributed by atoms with Crippen LogP contribution >= 0.6 is 0 Å². The summed E-state index contributed by atoms with van der Waals surface area (Å²) in [6.07, 6.45) is 1.06. The summed E-state index contributed by atoms with van der Waals surface area (Å²) >= 11 is 0. The average molecular weight is 431 g/mol. The normalized spacial score (nSPS) is 36.1. The molecule has 2 amide bonds. The first kappa shape index (κ1) is 18.5. The van der Waals surface area contributed by atoms with Gasteiger partial charge in [-0.15, -0.1) is 0 Å². The first-order valence-electron chi connectivity index (χ1n) is 11.3. The molecule has 7 rings (SSSR count). The molecule has 0 spiro atoms. The third-order valence-corrected chi connectivity index (χ3v) is 9.05. The number of piperidine rings is 1. The smallest absolute Gasteiger partial charge is 0.325 e. The fourth-order valence-electron chi connectivity index (χ4n) is 7.98. The second-order valence-corrected chi connectivity index (χ2v) is 10.2. The molecular weight excluding hydrogens is 404 g/mol. The molecule has 32 heavy (non-hydrogen) atoms. The number of nitrogens with zero attached hydrogens (tertiary/aromatic N) is 3. The number of carbonyl (C=O) groups is 1. The van der Waals surface area contributed by atoms with E-state index in [0.29, 0.717) is 41.2 Å². The number of fused-ring (bicyclic) bond motifs is 4. The monoisotopic (exact) mass is 430 g/mol. The number of oxazole rings is 1. The van der Waals surface area contributed by atoms with E-state index in [1.165, 1.54) is 11.1 Å². The molecule has 2 aromatic carbocycles. The number of hydrogen-bond acceptors (Lipinski definition) is 5. The molecule has 7 nitrogen and oxygen atoms in total. The summed E-state index contributed by atoms with van der Waals surface area (Å²) < 4.78 is 5.73. The van der Waals surface area contributed by atoms with E-state index < -0.39 is 0 Å². The highest BCUT2D eigenvalue weighted by molar-refractivity contribution is 5.89. The Morgan fingerprint density at radius 1 is 1.28 bits per heavy atom. The van der Waals surface area contributed by atoms with Crippen LogP contribution in [0.15, 0.2) is 46.9 Å². The maximum atomic E-state index is 13.4. The van der Waals surface area contributed by atoms with Gasteiger partial charge in [-0.2, -0.15) is 4.98 Å². The summed E-state index contributed by atoms with van der Waals surface area (Å²) in [6.45, 7) is 2.30. The molecule has 0 bridgehead atoms. The van der Waals surface area contributed by atoms with Gasteiger partial charge in [0, 0.05) is 24.5 Å². The molecule has 1 saturated heterocycles. The van der Waals surface area contributed by atoms with E-state index >= 15 is 0 Å². The van der Waals surface area contributed by atoms with Gasteiger partial charge in [-0.1, -0.05) is 25.1 Å². The molecule has 2 N–H and O–H groups in total. The number of anilines is 1. The van der Waals surface area contributed by atoms with Gasteiger partial charge < -0.3 is 14.4 Å². The van der Waals surface area contributed by atoms with Crippen LogP contribution in [0.25, 0.3) is 11.1 Å². The lowest BCUT2D eigenvalue weighted by molar-refractivity contribution is -0.174. The molecule has 164 valence electrons. The van der Waals surface area contributed by atoms with Gasteiger partial charge in [0.05, 0.1) is 6.04 Å². The van der Waals surface area contributed by atoms with Gasteiger partial charge in [-0.25, -0.2) is 4.79 Å². The minimum absolute atomic E-state index is 0.00558. The zero-order valence-electron chi connectivity index (χ0n) is 18.3. The van der Waals surface area contributed by atoms with Crippen molar-refractivity contribution in [2.75, 3.05) is 19.4 Å². The number of para-hydroxylation sites is 2. The number of nitrogens with one attached hydrogen (secondary N) is 1. The minimum Gasteiger partial charge on any atom is -0.508 e. The molecule has 3 fully saturated rings. The van der Waals surface area contributed by atoms with Gasteiger partial charge in [0.1, 0.15) is 11.3 Å². The van der Waals surface area contributed by atoms with Crippen LogP contribution in [0.1, 0.15) is 18.1 Å². The van der Waals surface area contributed by atoms with Gasteiger partial charge in [-0.3, -0.25) is 10.2 Å². The van der Waals surface area contributed by atoms with Crippen molar-refractivity contribution in [2.24, 2.45) is 17.8 Å². The molecular formula is C25H26N4O3. The zero-order chi connectivity index (χ0) is 21.9. The summed E-state index contributed by atoms with van der Waals surface area (Å²) in [4.78, 5) is 22.1. The first-order chi connectivity index (χ1) is 15.4. The number of likely N-dealkylation sites (tertiary alicyclic amines) is 1. The fourth-order valence-corrected chi connectivity index (χ4v) is 7.98. The number of aromatic hydroxyl groups is 1. The number of amides is 2. The average Bonchev–Trinajstić information content (AvgIpc) is 3.24.